The molecule has 0 aliphatic carbocycles. The van der Waals surface area contributed by atoms with E-state index in [0.29, 0.717) is 13.2 Å². The van der Waals surface area contributed by atoms with Gasteiger partial charge in [0.25, 0.3) is 0 Å². The number of anilines is 1. The van der Waals surface area contributed by atoms with Gasteiger partial charge >= 0.3 is 0 Å². The van der Waals surface area contributed by atoms with Crippen molar-refractivity contribution < 1.29 is 4.74 Å². The van der Waals surface area contributed by atoms with Crippen LogP contribution in [0.2, 0.25) is 5.28 Å². The zero-order valence-corrected chi connectivity index (χ0v) is 14.4. The minimum absolute atomic E-state index is 0.264. The average Bonchev–Trinajstić information content (AvgIpc) is 3.13. The van der Waals surface area contributed by atoms with E-state index in [4.69, 9.17) is 16.3 Å². The molecule has 120 valence electrons. The molecule has 1 atom stereocenters. The van der Waals surface area contributed by atoms with Crippen LogP contribution in [-0.4, -0.2) is 45.5 Å². The Morgan fingerprint density at radius 2 is 2.26 bits per heavy atom. The summed E-state index contributed by atoms with van der Waals surface area (Å²) in [5.74, 6) is 0.897. The van der Waals surface area contributed by atoms with Gasteiger partial charge in [0.2, 0.25) is 5.28 Å². The molecule has 1 saturated heterocycles. The minimum atomic E-state index is 0.264. The molecule has 23 heavy (non-hydrogen) atoms. The first-order valence-corrected chi connectivity index (χ1v) is 8.68. The van der Waals surface area contributed by atoms with Crippen LogP contribution in [-0.2, 0) is 11.8 Å². The molecule has 0 saturated carbocycles. The second kappa shape index (κ2) is 5.74. The summed E-state index contributed by atoms with van der Waals surface area (Å²) in [4.78, 5) is 11.2. The number of aromatic nitrogens is 4. The number of morpholine rings is 1. The lowest BCUT2D eigenvalue weighted by Crippen LogP contribution is -2.44. The highest BCUT2D eigenvalue weighted by molar-refractivity contribution is 7.18. The van der Waals surface area contributed by atoms with Crippen LogP contribution in [0.3, 0.4) is 0 Å². The molecule has 3 aromatic rings. The molecule has 3 aromatic heterocycles. The highest BCUT2D eigenvalue weighted by Gasteiger charge is 2.25. The fraction of sp³-hybridized carbons (Fsp3) is 0.400. The lowest BCUT2D eigenvalue weighted by atomic mass is 10.2. The van der Waals surface area contributed by atoms with Crippen LogP contribution in [0.4, 0.5) is 5.82 Å². The van der Waals surface area contributed by atoms with E-state index in [2.05, 4.69) is 32.3 Å². The van der Waals surface area contributed by atoms with Crippen molar-refractivity contribution >= 4 is 39.0 Å². The summed E-state index contributed by atoms with van der Waals surface area (Å²) in [6.45, 7) is 4.34. The second-order valence-corrected chi connectivity index (χ2v) is 6.82. The molecule has 8 heteroatoms. The van der Waals surface area contributed by atoms with Crippen LogP contribution in [0, 0.1) is 0 Å². The fourth-order valence-electron chi connectivity index (χ4n) is 2.93. The predicted molar refractivity (Wildman–Crippen MR) is 92.3 cm³/mol. The van der Waals surface area contributed by atoms with Crippen molar-refractivity contribution in [3.63, 3.8) is 0 Å². The van der Waals surface area contributed by atoms with E-state index in [1.54, 1.807) is 17.5 Å². The van der Waals surface area contributed by atoms with E-state index in [1.807, 2.05) is 17.8 Å². The van der Waals surface area contributed by atoms with Crippen molar-refractivity contribution in [1.29, 1.82) is 0 Å². The third-order valence-electron chi connectivity index (χ3n) is 4.11. The molecular weight excluding hydrogens is 334 g/mol. The molecule has 0 N–H and O–H groups in total. The van der Waals surface area contributed by atoms with Crippen LogP contribution in [0.1, 0.15) is 6.92 Å². The second-order valence-electron chi connectivity index (χ2n) is 5.60. The SMILES string of the molecule is C[C@@H]1COCCN1c1nc(Cl)nc2c(-c3ccnn3C)csc12. The summed E-state index contributed by atoms with van der Waals surface area (Å²) in [7, 11) is 1.92. The van der Waals surface area contributed by atoms with Crippen molar-refractivity contribution in [2.24, 2.45) is 7.05 Å². The monoisotopic (exact) mass is 349 g/mol. The van der Waals surface area contributed by atoms with E-state index >= 15 is 0 Å². The molecule has 0 bridgehead atoms. The number of fused-ring (bicyclic) bond motifs is 1. The fourth-order valence-corrected chi connectivity index (χ4v) is 4.10. The van der Waals surface area contributed by atoms with Crippen LogP contribution in [0.15, 0.2) is 17.6 Å². The Morgan fingerprint density at radius 3 is 3.00 bits per heavy atom. The third kappa shape index (κ3) is 2.49. The van der Waals surface area contributed by atoms with Gasteiger partial charge in [-0.25, -0.2) is 4.98 Å². The number of thiophene rings is 1. The Morgan fingerprint density at radius 1 is 1.39 bits per heavy atom. The molecular formula is C15H16ClN5OS. The number of rotatable bonds is 2. The van der Waals surface area contributed by atoms with E-state index in [-0.39, 0.29) is 11.3 Å². The number of ether oxygens (including phenoxy) is 1. The van der Waals surface area contributed by atoms with Crippen molar-refractivity contribution in [2.45, 2.75) is 13.0 Å². The average molecular weight is 350 g/mol. The lowest BCUT2D eigenvalue weighted by Gasteiger charge is -2.34. The lowest BCUT2D eigenvalue weighted by molar-refractivity contribution is 0.0987. The largest absolute Gasteiger partial charge is 0.377 e. The molecule has 1 fully saturated rings. The Labute approximate surface area is 142 Å². The zero-order chi connectivity index (χ0) is 16.0. The van der Waals surface area contributed by atoms with Crippen molar-refractivity contribution in [2.75, 3.05) is 24.7 Å². The number of hydrogen-bond donors (Lipinski definition) is 0. The molecule has 0 aromatic carbocycles. The molecule has 0 radical (unpaired) electrons. The highest BCUT2D eigenvalue weighted by Crippen LogP contribution is 2.38. The van der Waals surface area contributed by atoms with Gasteiger partial charge in [0, 0.05) is 30.7 Å². The first kappa shape index (κ1) is 14.9. The smallest absolute Gasteiger partial charge is 0.224 e. The van der Waals surface area contributed by atoms with E-state index < -0.39 is 0 Å². The predicted octanol–water partition coefficient (Wildman–Crippen LogP) is 2.97. The molecule has 4 rings (SSSR count). The summed E-state index contributed by atoms with van der Waals surface area (Å²) in [6, 6.07) is 2.24. The zero-order valence-electron chi connectivity index (χ0n) is 12.9. The van der Waals surface area contributed by atoms with E-state index in [0.717, 1.165) is 33.8 Å². The molecule has 1 aliphatic heterocycles. The molecule has 0 spiro atoms. The van der Waals surface area contributed by atoms with E-state index in [1.165, 1.54) is 0 Å². The van der Waals surface area contributed by atoms with Gasteiger partial charge in [0.1, 0.15) is 0 Å². The number of nitrogens with zero attached hydrogens (tertiary/aromatic N) is 5. The first-order valence-electron chi connectivity index (χ1n) is 7.42. The molecule has 4 heterocycles. The Balaban J connectivity index is 1.90. The van der Waals surface area contributed by atoms with Gasteiger partial charge in [-0.1, -0.05) is 0 Å². The van der Waals surface area contributed by atoms with E-state index in [9.17, 15) is 0 Å². The third-order valence-corrected chi connectivity index (χ3v) is 5.24. The maximum atomic E-state index is 6.22. The van der Waals surface area contributed by atoms with Crippen molar-refractivity contribution in [3.8, 4) is 11.3 Å². The Hall–Kier alpha value is -1.70. The minimum Gasteiger partial charge on any atom is -0.377 e. The normalized spacial score (nSPS) is 18.7. The summed E-state index contributed by atoms with van der Waals surface area (Å²) in [5.41, 5.74) is 2.94. The van der Waals surface area contributed by atoms with Crippen LogP contribution < -0.4 is 4.90 Å². The van der Waals surface area contributed by atoms with Gasteiger partial charge < -0.3 is 9.64 Å². The standard InChI is InChI=1S/C15H16ClN5OS/c1-9-7-22-6-5-21(9)14-13-12(18-15(16)19-14)10(8-23-13)11-3-4-17-20(11)2/h3-4,8-9H,5-7H2,1-2H3/t9-/m1/s1. The summed E-state index contributed by atoms with van der Waals surface area (Å²) in [6.07, 6.45) is 1.78. The molecule has 0 unspecified atom stereocenters. The Bertz CT molecular complexity index is 861. The number of aryl methyl sites for hydroxylation is 1. The van der Waals surface area contributed by atoms with Crippen LogP contribution in [0.5, 0.6) is 0 Å². The van der Waals surface area contributed by atoms with Gasteiger partial charge in [0.05, 0.1) is 35.2 Å². The summed E-state index contributed by atoms with van der Waals surface area (Å²) < 4.78 is 8.43. The number of hydrogen-bond acceptors (Lipinski definition) is 6. The Kier molecular flexibility index (Phi) is 3.71. The van der Waals surface area contributed by atoms with Gasteiger partial charge in [-0.05, 0) is 24.6 Å². The molecule has 6 nitrogen and oxygen atoms in total. The van der Waals surface area contributed by atoms with Crippen molar-refractivity contribution in [3.05, 3.63) is 22.9 Å². The van der Waals surface area contributed by atoms with Gasteiger partial charge in [-0.3, -0.25) is 4.68 Å². The summed E-state index contributed by atoms with van der Waals surface area (Å²) >= 11 is 7.87. The maximum Gasteiger partial charge on any atom is 0.224 e. The maximum absolute atomic E-state index is 6.22. The van der Waals surface area contributed by atoms with Gasteiger partial charge in [-0.15, -0.1) is 11.3 Å². The summed E-state index contributed by atoms with van der Waals surface area (Å²) in [5, 5.41) is 6.61. The molecule has 0 amide bonds. The highest BCUT2D eigenvalue weighted by atomic mass is 35.5. The van der Waals surface area contributed by atoms with Gasteiger partial charge in [-0.2, -0.15) is 10.1 Å². The van der Waals surface area contributed by atoms with Crippen molar-refractivity contribution in [1.82, 2.24) is 19.7 Å². The topological polar surface area (TPSA) is 56.1 Å². The molecule has 1 aliphatic rings. The quantitative estimate of drug-likeness (QED) is 0.666. The van der Waals surface area contributed by atoms with Gasteiger partial charge in [0.15, 0.2) is 5.82 Å². The number of halogens is 1. The first-order chi connectivity index (χ1) is 11.1. The van der Waals surface area contributed by atoms with Crippen LogP contribution in [0.25, 0.3) is 21.5 Å². The van der Waals surface area contributed by atoms with Crippen LogP contribution >= 0.6 is 22.9 Å².